The molecule has 0 spiro atoms. The van der Waals surface area contributed by atoms with Gasteiger partial charge < -0.3 is 0 Å². The van der Waals surface area contributed by atoms with E-state index in [9.17, 15) is 26.3 Å². The zero-order valence-electron chi connectivity index (χ0n) is 14.2. The topological polar surface area (TPSA) is 16.1 Å². The first-order chi connectivity index (χ1) is 11.2. The first kappa shape index (κ1) is 22.2. The van der Waals surface area contributed by atoms with Gasteiger partial charge in [0, 0.05) is 25.0 Å². The van der Waals surface area contributed by atoms with E-state index in [1.807, 2.05) is 20.8 Å². The van der Waals surface area contributed by atoms with Crippen LogP contribution in [0.5, 0.6) is 0 Å². The molecule has 0 saturated carbocycles. The molecule has 0 fully saturated rings. The fourth-order valence-electron chi connectivity index (χ4n) is 2.32. The van der Waals surface area contributed by atoms with Gasteiger partial charge >= 0.3 is 12.4 Å². The molecule has 0 saturated heterocycles. The summed E-state index contributed by atoms with van der Waals surface area (Å²) in [4.78, 5) is 5.54. The van der Waals surface area contributed by atoms with Crippen molar-refractivity contribution in [2.24, 2.45) is 0 Å². The van der Waals surface area contributed by atoms with Crippen molar-refractivity contribution in [3.63, 3.8) is 0 Å². The quantitative estimate of drug-likeness (QED) is 0.412. The maximum absolute atomic E-state index is 12.5. The van der Waals surface area contributed by atoms with Crippen LogP contribution in [0.25, 0.3) is 0 Å². The number of alkyl halides is 6. The van der Waals surface area contributed by atoms with Crippen molar-refractivity contribution in [1.29, 1.82) is 0 Å². The van der Waals surface area contributed by atoms with Crippen molar-refractivity contribution >= 4 is 15.9 Å². The molecule has 1 rings (SSSR count). The Morgan fingerprint density at radius 2 is 1.40 bits per heavy atom. The van der Waals surface area contributed by atoms with E-state index in [-0.39, 0.29) is 6.54 Å². The van der Waals surface area contributed by atoms with Gasteiger partial charge in [-0.15, -0.1) is 0 Å². The van der Waals surface area contributed by atoms with E-state index in [0.29, 0.717) is 15.9 Å². The molecule has 0 unspecified atom stereocenters. The Hall–Kier alpha value is -0.830. The molecule has 0 bridgehead atoms. The summed E-state index contributed by atoms with van der Waals surface area (Å²) in [6.45, 7) is 4.68. The van der Waals surface area contributed by atoms with Crippen LogP contribution in [0.2, 0.25) is 0 Å². The number of nitrogens with zero attached hydrogens (tertiary/aromatic N) is 2. The van der Waals surface area contributed by atoms with Crippen LogP contribution >= 0.6 is 15.9 Å². The Morgan fingerprint density at radius 3 is 1.80 bits per heavy atom. The largest absolute Gasteiger partial charge is 0.390 e. The van der Waals surface area contributed by atoms with Gasteiger partial charge in [-0.25, -0.2) is 4.98 Å². The minimum Gasteiger partial charge on any atom is -0.298 e. The summed E-state index contributed by atoms with van der Waals surface area (Å²) in [7, 11) is 0. The predicted molar refractivity (Wildman–Crippen MR) is 87.3 cm³/mol. The van der Waals surface area contributed by atoms with Crippen molar-refractivity contribution in [2.75, 3.05) is 13.1 Å². The highest BCUT2D eigenvalue weighted by atomic mass is 79.9. The average molecular weight is 435 g/mol. The van der Waals surface area contributed by atoms with Gasteiger partial charge in [-0.2, -0.15) is 26.3 Å². The van der Waals surface area contributed by atoms with Gasteiger partial charge in [-0.05, 0) is 27.6 Å². The van der Waals surface area contributed by atoms with Crippen LogP contribution in [0.1, 0.15) is 44.9 Å². The average Bonchev–Trinajstić information content (AvgIpc) is 2.40. The summed E-state index contributed by atoms with van der Waals surface area (Å²) in [6.07, 6.45) is -11.1. The van der Waals surface area contributed by atoms with E-state index in [2.05, 4.69) is 20.9 Å². The van der Waals surface area contributed by atoms with Crippen LogP contribution in [0, 0.1) is 0 Å². The number of hydrogen-bond acceptors (Lipinski definition) is 2. The molecule has 0 N–H and O–H groups in total. The molecule has 0 amide bonds. The second-order valence-corrected chi connectivity index (χ2v) is 7.71. The SMILES string of the molecule is CC(C)(C)c1nc(Br)ccc1CN(CCC(F)(F)F)CCC(F)(F)F. The molecule has 0 aliphatic rings. The molecule has 25 heavy (non-hydrogen) atoms. The van der Waals surface area contributed by atoms with Crippen LogP contribution in [0.4, 0.5) is 26.3 Å². The smallest absolute Gasteiger partial charge is 0.298 e. The first-order valence-electron chi connectivity index (χ1n) is 7.69. The van der Waals surface area contributed by atoms with E-state index >= 15 is 0 Å². The van der Waals surface area contributed by atoms with E-state index < -0.39 is 43.7 Å². The van der Waals surface area contributed by atoms with E-state index in [1.165, 1.54) is 4.90 Å². The molecule has 1 aromatic heterocycles. The van der Waals surface area contributed by atoms with Crippen molar-refractivity contribution in [2.45, 2.75) is 57.9 Å². The normalized spacial score (nSPS) is 13.6. The molecule has 9 heteroatoms. The number of pyridine rings is 1. The molecule has 0 radical (unpaired) electrons. The van der Waals surface area contributed by atoms with Crippen molar-refractivity contribution in [3.8, 4) is 0 Å². The van der Waals surface area contributed by atoms with Gasteiger partial charge in [-0.1, -0.05) is 26.8 Å². The molecule has 0 aliphatic heterocycles. The summed E-state index contributed by atoms with van der Waals surface area (Å²) in [5.41, 5.74) is 0.879. The zero-order chi connectivity index (χ0) is 19.5. The van der Waals surface area contributed by atoms with Crippen LogP contribution in [0.3, 0.4) is 0 Å². The third-order valence-corrected chi connectivity index (χ3v) is 3.91. The lowest BCUT2D eigenvalue weighted by atomic mass is 9.88. The van der Waals surface area contributed by atoms with Crippen LogP contribution in [0.15, 0.2) is 16.7 Å². The molecule has 2 nitrogen and oxygen atoms in total. The summed E-state index contributed by atoms with van der Waals surface area (Å²) in [5.74, 6) is 0. The van der Waals surface area contributed by atoms with Crippen molar-refractivity contribution in [3.05, 3.63) is 28.0 Å². The van der Waals surface area contributed by atoms with E-state index in [1.54, 1.807) is 12.1 Å². The highest BCUT2D eigenvalue weighted by molar-refractivity contribution is 9.10. The van der Waals surface area contributed by atoms with Gasteiger partial charge in [0.1, 0.15) is 4.60 Å². The first-order valence-corrected chi connectivity index (χ1v) is 8.48. The van der Waals surface area contributed by atoms with Crippen LogP contribution in [-0.4, -0.2) is 35.3 Å². The van der Waals surface area contributed by atoms with Gasteiger partial charge in [0.2, 0.25) is 0 Å². The maximum atomic E-state index is 12.5. The number of aromatic nitrogens is 1. The summed E-state index contributed by atoms with van der Waals surface area (Å²) in [6, 6.07) is 3.32. The molecule has 0 aromatic carbocycles. The second-order valence-electron chi connectivity index (χ2n) is 6.90. The Kier molecular flexibility index (Phi) is 7.32. The molecular formula is C16H21BrF6N2. The fourth-order valence-corrected chi connectivity index (χ4v) is 2.63. The monoisotopic (exact) mass is 434 g/mol. The predicted octanol–water partition coefficient (Wildman–Crippen LogP) is 5.85. The second kappa shape index (κ2) is 8.24. The van der Waals surface area contributed by atoms with E-state index in [4.69, 9.17) is 0 Å². The Labute approximate surface area is 151 Å². The standard InChI is InChI=1S/C16H21BrF6N2/c1-14(2,3)13-11(4-5-12(17)24-13)10-25(8-6-15(18,19)20)9-7-16(21,22)23/h4-5H,6-10H2,1-3H3. The lowest BCUT2D eigenvalue weighted by Gasteiger charge is -2.27. The third kappa shape index (κ3) is 8.89. The lowest BCUT2D eigenvalue weighted by molar-refractivity contribution is -0.146. The summed E-state index contributed by atoms with van der Waals surface area (Å²) in [5, 5.41) is 0. The van der Waals surface area contributed by atoms with Gasteiger partial charge in [-0.3, -0.25) is 4.90 Å². The molecular weight excluding hydrogens is 414 g/mol. The third-order valence-electron chi connectivity index (χ3n) is 3.47. The minimum atomic E-state index is -4.42. The Balaban J connectivity index is 3.00. The Morgan fingerprint density at radius 1 is 0.920 bits per heavy atom. The number of hydrogen-bond donors (Lipinski definition) is 0. The zero-order valence-corrected chi connectivity index (χ0v) is 15.8. The van der Waals surface area contributed by atoms with Crippen LogP contribution in [-0.2, 0) is 12.0 Å². The minimum absolute atomic E-state index is 0.0148. The van der Waals surface area contributed by atoms with Gasteiger partial charge in [0.15, 0.2) is 0 Å². The Bertz CT molecular complexity index is 545. The lowest BCUT2D eigenvalue weighted by Crippen LogP contribution is -2.32. The molecule has 1 heterocycles. The highest BCUT2D eigenvalue weighted by Crippen LogP contribution is 2.28. The molecule has 0 atom stereocenters. The fraction of sp³-hybridized carbons (Fsp3) is 0.688. The number of halogens is 7. The maximum Gasteiger partial charge on any atom is 0.390 e. The van der Waals surface area contributed by atoms with Crippen LogP contribution < -0.4 is 0 Å². The highest BCUT2D eigenvalue weighted by Gasteiger charge is 2.31. The van der Waals surface area contributed by atoms with Crippen molar-refractivity contribution < 1.29 is 26.3 Å². The van der Waals surface area contributed by atoms with Gasteiger partial charge in [0.25, 0.3) is 0 Å². The molecule has 144 valence electrons. The van der Waals surface area contributed by atoms with Gasteiger partial charge in [0.05, 0.1) is 18.5 Å². The molecule has 1 aromatic rings. The summed E-state index contributed by atoms with van der Waals surface area (Å²) < 4.78 is 75.5. The van der Waals surface area contributed by atoms with E-state index in [0.717, 1.165) is 0 Å². The number of rotatable bonds is 6. The molecule has 0 aliphatic carbocycles. The van der Waals surface area contributed by atoms with Crippen molar-refractivity contribution in [1.82, 2.24) is 9.88 Å². The summed E-state index contributed by atoms with van der Waals surface area (Å²) >= 11 is 3.25.